The van der Waals surface area contributed by atoms with Gasteiger partial charge in [-0.1, -0.05) is 44.2 Å². The fourth-order valence-corrected chi connectivity index (χ4v) is 4.00. The van der Waals surface area contributed by atoms with Crippen molar-refractivity contribution in [1.82, 2.24) is 10.2 Å². The van der Waals surface area contributed by atoms with Gasteiger partial charge < -0.3 is 14.8 Å². The van der Waals surface area contributed by atoms with E-state index < -0.39 is 0 Å². The predicted octanol–water partition coefficient (Wildman–Crippen LogP) is 3.33. The molecule has 0 radical (unpaired) electrons. The van der Waals surface area contributed by atoms with Crippen LogP contribution in [0.1, 0.15) is 36.6 Å². The molecule has 0 aliphatic carbocycles. The van der Waals surface area contributed by atoms with E-state index in [1.165, 1.54) is 11.1 Å². The van der Waals surface area contributed by atoms with Gasteiger partial charge in [-0.3, -0.25) is 9.69 Å². The molecule has 148 valence electrons. The quantitative estimate of drug-likeness (QED) is 0.865. The molecule has 4 rings (SSSR count). The largest absolute Gasteiger partial charge is 0.486 e. The summed E-state index contributed by atoms with van der Waals surface area (Å²) in [6, 6.07) is 14.4. The molecule has 5 nitrogen and oxygen atoms in total. The van der Waals surface area contributed by atoms with Crippen molar-refractivity contribution < 1.29 is 14.3 Å². The van der Waals surface area contributed by atoms with Crippen molar-refractivity contribution in [2.75, 3.05) is 26.3 Å². The molecule has 1 atom stereocenters. The molecule has 0 unspecified atom stereocenters. The minimum Gasteiger partial charge on any atom is -0.486 e. The Morgan fingerprint density at radius 3 is 2.61 bits per heavy atom. The summed E-state index contributed by atoms with van der Waals surface area (Å²) in [5.41, 5.74) is 3.78. The van der Waals surface area contributed by atoms with Crippen molar-refractivity contribution in [3.63, 3.8) is 0 Å². The summed E-state index contributed by atoms with van der Waals surface area (Å²) in [4.78, 5) is 15.0. The third-order valence-corrected chi connectivity index (χ3v) is 5.49. The second kappa shape index (κ2) is 8.23. The van der Waals surface area contributed by atoms with Crippen LogP contribution in [0.2, 0.25) is 0 Å². The molecule has 2 aliphatic rings. The summed E-state index contributed by atoms with van der Waals surface area (Å²) in [7, 11) is 0. The SMILES string of the molecule is CC(C)[C@@H](NC(=O)CN1CCc2ccccc2C1)c1ccc2c(c1)OCCO2. The van der Waals surface area contributed by atoms with E-state index in [0.29, 0.717) is 19.8 Å². The highest BCUT2D eigenvalue weighted by Gasteiger charge is 2.23. The third-order valence-electron chi connectivity index (χ3n) is 5.49. The van der Waals surface area contributed by atoms with Gasteiger partial charge in [-0.25, -0.2) is 0 Å². The molecule has 0 saturated heterocycles. The fraction of sp³-hybridized carbons (Fsp3) is 0.435. The Morgan fingerprint density at radius 2 is 1.82 bits per heavy atom. The Kier molecular flexibility index (Phi) is 5.53. The van der Waals surface area contributed by atoms with E-state index in [0.717, 1.165) is 36.6 Å². The molecule has 5 heteroatoms. The molecule has 0 saturated carbocycles. The lowest BCUT2D eigenvalue weighted by atomic mass is 9.95. The Hall–Kier alpha value is -2.53. The lowest BCUT2D eigenvalue weighted by Gasteiger charge is -2.30. The van der Waals surface area contributed by atoms with Crippen molar-refractivity contribution in [3.05, 3.63) is 59.2 Å². The Balaban J connectivity index is 1.42. The first-order chi connectivity index (χ1) is 13.6. The van der Waals surface area contributed by atoms with Crippen LogP contribution in [0.5, 0.6) is 11.5 Å². The van der Waals surface area contributed by atoms with E-state index >= 15 is 0 Å². The van der Waals surface area contributed by atoms with Crippen LogP contribution >= 0.6 is 0 Å². The number of ether oxygens (including phenoxy) is 2. The average molecular weight is 380 g/mol. The molecule has 1 amide bonds. The number of benzene rings is 2. The number of hydrogen-bond donors (Lipinski definition) is 1. The van der Waals surface area contributed by atoms with Gasteiger partial charge in [0, 0.05) is 13.1 Å². The molecule has 2 aliphatic heterocycles. The maximum absolute atomic E-state index is 12.8. The average Bonchev–Trinajstić information content (AvgIpc) is 2.71. The van der Waals surface area contributed by atoms with Gasteiger partial charge in [-0.15, -0.1) is 0 Å². The first-order valence-electron chi connectivity index (χ1n) is 10.1. The van der Waals surface area contributed by atoms with E-state index in [1.54, 1.807) is 0 Å². The Bertz CT molecular complexity index is 849. The lowest BCUT2D eigenvalue weighted by Crippen LogP contribution is -2.42. The van der Waals surface area contributed by atoms with Gasteiger partial charge >= 0.3 is 0 Å². The predicted molar refractivity (Wildman–Crippen MR) is 109 cm³/mol. The standard InChI is InChI=1S/C23H28N2O3/c1-16(2)23(18-7-8-20-21(13-18)28-12-11-27-20)24-22(26)15-25-10-9-17-5-3-4-6-19(17)14-25/h3-8,13,16,23H,9-12,14-15H2,1-2H3,(H,24,26)/t23-/m1/s1. The second-order valence-electron chi connectivity index (χ2n) is 7.92. The monoisotopic (exact) mass is 380 g/mol. The number of carbonyl (C=O) groups is 1. The molecule has 2 aromatic rings. The number of amides is 1. The van der Waals surface area contributed by atoms with E-state index in [2.05, 4.69) is 48.3 Å². The van der Waals surface area contributed by atoms with Crippen LogP contribution in [0.15, 0.2) is 42.5 Å². The van der Waals surface area contributed by atoms with Crippen LogP contribution in [0.25, 0.3) is 0 Å². The van der Waals surface area contributed by atoms with Gasteiger partial charge in [-0.05, 0) is 41.2 Å². The highest BCUT2D eigenvalue weighted by molar-refractivity contribution is 5.78. The summed E-state index contributed by atoms with van der Waals surface area (Å²) in [6.45, 7) is 7.56. The van der Waals surface area contributed by atoms with Gasteiger partial charge in [-0.2, -0.15) is 0 Å². The van der Waals surface area contributed by atoms with E-state index in [4.69, 9.17) is 9.47 Å². The number of hydrogen-bond acceptors (Lipinski definition) is 4. The summed E-state index contributed by atoms with van der Waals surface area (Å²) in [5, 5.41) is 3.23. The Morgan fingerprint density at radius 1 is 1.07 bits per heavy atom. The third kappa shape index (κ3) is 4.14. The van der Waals surface area contributed by atoms with E-state index in [9.17, 15) is 4.79 Å². The maximum Gasteiger partial charge on any atom is 0.234 e. The summed E-state index contributed by atoms with van der Waals surface area (Å²) in [6.07, 6.45) is 0.999. The van der Waals surface area contributed by atoms with Crippen LogP contribution in [0.4, 0.5) is 0 Å². The molecule has 28 heavy (non-hydrogen) atoms. The maximum atomic E-state index is 12.8. The zero-order valence-electron chi connectivity index (χ0n) is 16.6. The van der Waals surface area contributed by atoms with Gasteiger partial charge in [0.1, 0.15) is 13.2 Å². The summed E-state index contributed by atoms with van der Waals surface area (Å²) in [5.74, 6) is 1.87. The molecule has 0 aromatic heterocycles. The molecule has 2 heterocycles. The molecular formula is C23H28N2O3. The molecule has 0 spiro atoms. The minimum atomic E-state index is -0.0552. The normalized spacial score (nSPS) is 17.1. The highest BCUT2D eigenvalue weighted by Crippen LogP contribution is 2.34. The number of nitrogens with one attached hydrogen (secondary N) is 1. The first kappa shape index (κ1) is 18.8. The number of rotatable bonds is 5. The van der Waals surface area contributed by atoms with Crippen molar-refractivity contribution in [2.24, 2.45) is 5.92 Å². The zero-order chi connectivity index (χ0) is 19.5. The van der Waals surface area contributed by atoms with Gasteiger partial charge in [0.05, 0.1) is 12.6 Å². The molecule has 1 N–H and O–H groups in total. The van der Waals surface area contributed by atoms with Crippen LogP contribution < -0.4 is 14.8 Å². The van der Waals surface area contributed by atoms with Crippen LogP contribution in [-0.4, -0.2) is 37.1 Å². The van der Waals surface area contributed by atoms with Crippen molar-refractivity contribution >= 4 is 5.91 Å². The van der Waals surface area contributed by atoms with Crippen molar-refractivity contribution in [3.8, 4) is 11.5 Å². The van der Waals surface area contributed by atoms with Crippen LogP contribution in [-0.2, 0) is 17.8 Å². The van der Waals surface area contributed by atoms with Crippen molar-refractivity contribution in [2.45, 2.75) is 32.9 Å². The van der Waals surface area contributed by atoms with Gasteiger partial charge in [0.15, 0.2) is 11.5 Å². The molecule has 2 aromatic carbocycles. The smallest absolute Gasteiger partial charge is 0.234 e. The second-order valence-corrected chi connectivity index (χ2v) is 7.92. The van der Waals surface area contributed by atoms with Gasteiger partial charge in [0.2, 0.25) is 5.91 Å². The van der Waals surface area contributed by atoms with E-state index in [-0.39, 0.29) is 17.9 Å². The number of carbonyl (C=O) groups excluding carboxylic acids is 1. The topological polar surface area (TPSA) is 50.8 Å². The van der Waals surface area contributed by atoms with Crippen LogP contribution in [0.3, 0.4) is 0 Å². The van der Waals surface area contributed by atoms with Crippen molar-refractivity contribution in [1.29, 1.82) is 0 Å². The summed E-state index contributed by atoms with van der Waals surface area (Å²) >= 11 is 0. The lowest BCUT2D eigenvalue weighted by molar-refractivity contribution is -0.123. The number of fused-ring (bicyclic) bond motifs is 2. The number of nitrogens with zero attached hydrogens (tertiary/aromatic N) is 1. The van der Waals surface area contributed by atoms with Gasteiger partial charge in [0.25, 0.3) is 0 Å². The van der Waals surface area contributed by atoms with Crippen LogP contribution in [0, 0.1) is 5.92 Å². The molecule has 0 fully saturated rings. The molecule has 0 bridgehead atoms. The molecular weight excluding hydrogens is 352 g/mol. The zero-order valence-corrected chi connectivity index (χ0v) is 16.6. The Labute approximate surface area is 166 Å². The first-order valence-corrected chi connectivity index (χ1v) is 10.1. The van der Waals surface area contributed by atoms with E-state index in [1.807, 2.05) is 18.2 Å². The highest BCUT2D eigenvalue weighted by atomic mass is 16.6. The fourth-order valence-electron chi connectivity index (χ4n) is 4.00. The summed E-state index contributed by atoms with van der Waals surface area (Å²) < 4.78 is 11.3. The minimum absolute atomic E-state index is 0.0552.